The van der Waals surface area contributed by atoms with Crippen LogP contribution in [0.15, 0.2) is 18.2 Å². The average Bonchev–Trinajstić information content (AvgIpc) is 2.37. The van der Waals surface area contributed by atoms with Crippen molar-refractivity contribution in [3.05, 3.63) is 35.4 Å². The number of carbonyl (C=O) groups excluding carboxylic acids is 1. The maximum absolute atomic E-state index is 13.8. The van der Waals surface area contributed by atoms with Crippen molar-refractivity contribution >= 4 is 6.09 Å². The van der Waals surface area contributed by atoms with Crippen LogP contribution < -0.4 is 0 Å². The van der Waals surface area contributed by atoms with Gasteiger partial charge in [-0.25, -0.2) is 13.6 Å². The van der Waals surface area contributed by atoms with Crippen molar-refractivity contribution in [2.24, 2.45) is 0 Å². The van der Waals surface area contributed by atoms with E-state index in [1.54, 1.807) is 4.90 Å². The summed E-state index contributed by atoms with van der Waals surface area (Å²) in [6.07, 6.45) is 0.976. The van der Waals surface area contributed by atoms with Gasteiger partial charge in [-0.1, -0.05) is 6.07 Å². The molecule has 2 rings (SSSR count). The highest BCUT2D eigenvalue weighted by Crippen LogP contribution is 2.30. The molecule has 0 N–H and O–H groups in total. The second-order valence-corrected chi connectivity index (χ2v) is 6.41. The number of ether oxygens (including phenoxy) is 1. The van der Waals surface area contributed by atoms with E-state index in [-0.39, 0.29) is 12.0 Å². The molecule has 0 unspecified atom stereocenters. The molecule has 0 radical (unpaired) electrons. The van der Waals surface area contributed by atoms with Crippen molar-refractivity contribution in [3.8, 4) is 0 Å². The molecule has 21 heavy (non-hydrogen) atoms. The van der Waals surface area contributed by atoms with Crippen LogP contribution in [-0.4, -0.2) is 29.7 Å². The van der Waals surface area contributed by atoms with Gasteiger partial charge in [0.2, 0.25) is 0 Å². The van der Waals surface area contributed by atoms with E-state index in [1.165, 1.54) is 12.1 Å². The number of benzene rings is 1. The lowest BCUT2D eigenvalue weighted by molar-refractivity contribution is 0.0204. The Morgan fingerprint density at radius 1 is 1.24 bits per heavy atom. The molecule has 0 atom stereocenters. The van der Waals surface area contributed by atoms with Crippen LogP contribution in [0.3, 0.4) is 0 Å². The summed E-state index contributed by atoms with van der Waals surface area (Å²) in [6, 6.07) is 3.69. The second-order valence-electron chi connectivity index (χ2n) is 6.41. The fourth-order valence-corrected chi connectivity index (χ4v) is 2.53. The molecule has 0 spiro atoms. The standard InChI is InChI=1S/C16H21F2NO2/c1-16(2,3)21-15(20)19-8-6-11(7-9-19)13-5-4-12(17)10-14(13)18/h4-5,10-11H,6-9H2,1-3H3. The fraction of sp³-hybridized carbons (Fsp3) is 0.562. The molecule has 0 saturated carbocycles. The summed E-state index contributed by atoms with van der Waals surface area (Å²) in [6.45, 7) is 6.52. The zero-order chi connectivity index (χ0) is 15.6. The molecule has 3 nitrogen and oxygen atoms in total. The zero-order valence-corrected chi connectivity index (χ0v) is 12.7. The minimum atomic E-state index is -0.567. The van der Waals surface area contributed by atoms with E-state index in [4.69, 9.17) is 4.74 Å². The van der Waals surface area contributed by atoms with Crippen molar-refractivity contribution in [1.82, 2.24) is 4.90 Å². The van der Waals surface area contributed by atoms with Gasteiger partial charge in [0.1, 0.15) is 17.2 Å². The molecular weight excluding hydrogens is 276 g/mol. The molecule has 1 aliphatic heterocycles. The lowest BCUT2D eigenvalue weighted by atomic mass is 9.89. The van der Waals surface area contributed by atoms with Crippen LogP contribution in [0.1, 0.15) is 45.1 Å². The summed E-state index contributed by atoms with van der Waals surface area (Å²) < 4.78 is 32.0. The quantitative estimate of drug-likeness (QED) is 0.781. The summed E-state index contributed by atoms with van der Waals surface area (Å²) in [4.78, 5) is 13.6. The summed E-state index contributed by atoms with van der Waals surface area (Å²) in [7, 11) is 0. The van der Waals surface area contributed by atoms with Crippen LogP contribution in [0.4, 0.5) is 13.6 Å². The highest BCUT2D eigenvalue weighted by Gasteiger charge is 2.28. The van der Waals surface area contributed by atoms with E-state index in [2.05, 4.69) is 0 Å². The topological polar surface area (TPSA) is 29.5 Å². The first kappa shape index (κ1) is 15.7. The molecule has 116 valence electrons. The largest absolute Gasteiger partial charge is 0.444 e. The van der Waals surface area contributed by atoms with Crippen LogP contribution in [0.25, 0.3) is 0 Å². The van der Waals surface area contributed by atoms with Gasteiger partial charge < -0.3 is 9.64 Å². The van der Waals surface area contributed by atoms with Gasteiger partial charge in [-0.05, 0) is 51.2 Å². The van der Waals surface area contributed by atoms with Gasteiger partial charge in [0.25, 0.3) is 0 Å². The Bertz CT molecular complexity index is 517. The first-order valence-corrected chi connectivity index (χ1v) is 7.19. The summed E-state index contributed by atoms with van der Waals surface area (Å²) in [5, 5.41) is 0. The van der Waals surface area contributed by atoms with Crippen molar-refractivity contribution in [1.29, 1.82) is 0 Å². The number of likely N-dealkylation sites (tertiary alicyclic amines) is 1. The van der Waals surface area contributed by atoms with Gasteiger partial charge >= 0.3 is 6.09 Å². The van der Waals surface area contributed by atoms with Crippen molar-refractivity contribution in [3.63, 3.8) is 0 Å². The van der Waals surface area contributed by atoms with Gasteiger partial charge in [0.15, 0.2) is 0 Å². The molecule has 1 amide bonds. The van der Waals surface area contributed by atoms with Crippen LogP contribution in [0.2, 0.25) is 0 Å². The van der Waals surface area contributed by atoms with E-state index in [0.717, 1.165) is 6.07 Å². The van der Waals surface area contributed by atoms with Crippen LogP contribution in [0, 0.1) is 11.6 Å². The number of piperidine rings is 1. The predicted octanol–water partition coefficient (Wildman–Crippen LogP) is 4.08. The molecule has 5 heteroatoms. The van der Waals surface area contributed by atoms with Crippen LogP contribution >= 0.6 is 0 Å². The third-order valence-corrected chi connectivity index (χ3v) is 3.55. The summed E-state index contributed by atoms with van der Waals surface area (Å²) in [5.41, 5.74) is 0.0111. The monoisotopic (exact) mass is 297 g/mol. The van der Waals surface area contributed by atoms with E-state index < -0.39 is 17.2 Å². The molecule has 1 heterocycles. The Kier molecular flexibility index (Phi) is 4.49. The van der Waals surface area contributed by atoms with E-state index >= 15 is 0 Å². The summed E-state index contributed by atoms with van der Waals surface area (Å²) >= 11 is 0. The van der Waals surface area contributed by atoms with Gasteiger partial charge in [-0.3, -0.25) is 0 Å². The van der Waals surface area contributed by atoms with E-state index in [0.29, 0.717) is 31.5 Å². The lowest BCUT2D eigenvalue weighted by Gasteiger charge is -2.33. The molecule has 0 aliphatic carbocycles. The summed E-state index contributed by atoms with van der Waals surface area (Å²) in [5.74, 6) is -1.06. The molecule has 1 aromatic carbocycles. The molecule has 0 aromatic heterocycles. The number of hydrogen-bond acceptors (Lipinski definition) is 2. The number of carbonyl (C=O) groups is 1. The number of nitrogens with zero attached hydrogens (tertiary/aromatic N) is 1. The van der Waals surface area contributed by atoms with Crippen molar-refractivity contribution in [2.75, 3.05) is 13.1 Å². The van der Waals surface area contributed by atoms with Gasteiger partial charge in [0, 0.05) is 19.2 Å². The minimum absolute atomic E-state index is 0.0179. The minimum Gasteiger partial charge on any atom is -0.444 e. The van der Waals surface area contributed by atoms with Gasteiger partial charge in [0.05, 0.1) is 0 Å². The predicted molar refractivity (Wildman–Crippen MR) is 76.1 cm³/mol. The highest BCUT2D eigenvalue weighted by molar-refractivity contribution is 5.68. The maximum Gasteiger partial charge on any atom is 0.410 e. The Hall–Kier alpha value is -1.65. The second kappa shape index (κ2) is 6.00. The maximum atomic E-state index is 13.8. The molecule has 0 bridgehead atoms. The first-order valence-electron chi connectivity index (χ1n) is 7.19. The Morgan fingerprint density at radius 2 is 1.86 bits per heavy atom. The van der Waals surface area contributed by atoms with Crippen molar-refractivity contribution < 1.29 is 18.3 Å². The Balaban J connectivity index is 1.95. The first-order chi connectivity index (χ1) is 9.76. The highest BCUT2D eigenvalue weighted by atomic mass is 19.1. The van der Waals surface area contributed by atoms with Crippen molar-refractivity contribution in [2.45, 2.75) is 45.1 Å². The van der Waals surface area contributed by atoms with Gasteiger partial charge in [-0.2, -0.15) is 0 Å². The van der Waals surface area contributed by atoms with Gasteiger partial charge in [-0.15, -0.1) is 0 Å². The van der Waals surface area contributed by atoms with E-state index in [1.807, 2.05) is 20.8 Å². The zero-order valence-electron chi connectivity index (χ0n) is 12.7. The van der Waals surface area contributed by atoms with Crippen LogP contribution in [-0.2, 0) is 4.74 Å². The van der Waals surface area contributed by atoms with Crippen LogP contribution in [0.5, 0.6) is 0 Å². The number of hydrogen-bond donors (Lipinski definition) is 0. The normalized spacial score (nSPS) is 16.9. The third-order valence-electron chi connectivity index (χ3n) is 3.55. The van der Waals surface area contributed by atoms with E-state index in [9.17, 15) is 13.6 Å². The number of halogens is 2. The Morgan fingerprint density at radius 3 is 2.38 bits per heavy atom. The average molecular weight is 297 g/mol. The molecule has 1 fully saturated rings. The number of amides is 1. The number of rotatable bonds is 1. The molecule has 1 aromatic rings. The smallest absolute Gasteiger partial charge is 0.410 e. The molecular formula is C16H21F2NO2. The Labute approximate surface area is 123 Å². The SMILES string of the molecule is CC(C)(C)OC(=O)N1CCC(c2ccc(F)cc2F)CC1. The molecule has 1 saturated heterocycles. The fourth-order valence-electron chi connectivity index (χ4n) is 2.53. The lowest BCUT2D eigenvalue weighted by Crippen LogP contribution is -2.41. The third kappa shape index (κ3) is 4.16. The molecule has 1 aliphatic rings.